The molecule has 2 aromatic heterocycles. The largest absolute Gasteiger partial charge is 0.344 e. The Morgan fingerprint density at radius 3 is 3.10 bits per heavy atom. The van der Waals surface area contributed by atoms with Gasteiger partial charge in [-0.05, 0) is 18.4 Å². The van der Waals surface area contributed by atoms with Crippen molar-refractivity contribution in [3.8, 4) is 23.0 Å². The van der Waals surface area contributed by atoms with Crippen LogP contribution in [0.5, 0.6) is 0 Å². The first-order valence-corrected chi connectivity index (χ1v) is 7.92. The highest BCUT2D eigenvalue weighted by Gasteiger charge is 2.14. The number of hydrogen-bond donors (Lipinski definition) is 1. The van der Waals surface area contributed by atoms with E-state index < -0.39 is 0 Å². The number of carbonyl (C=O) groups is 1. The molecule has 0 radical (unpaired) electrons. The van der Waals surface area contributed by atoms with Crippen LogP contribution in [0, 0.1) is 12.3 Å². The van der Waals surface area contributed by atoms with Crippen molar-refractivity contribution in [1.82, 2.24) is 20.1 Å². The van der Waals surface area contributed by atoms with Crippen molar-refractivity contribution in [1.29, 1.82) is 0 Å². The van der Waals surface area contributed by atoms with Crippen molar-refractivity contribution in [3.05, 3.63) is 17.5 Å². The van der Waals surface area contributed by atoms with Crippen LogP contribution in [-0.2, 0) is 11.3 Å². The molecule has 104 valence electrons. The Labute approximate surface area is 125 Å². The van der Waals surface area contributed by atoms with Crippen LogP contribution in [0.3, 0.4) is 0 Å². The first kappa shape index (κ1) is 14.6. The zero-order chi connectivity index (χ0) is 14.4. The van der Waals surface area contributed by atoms with E-state index >= 15 is 0 Å². The van der Waals surface area contributed by atoms with Gasteiger partial charge in [0.15, 0.2) is 11.0 Å². The number of thioether (sulfide) groups is 1. The molecule has 1 N–H and O–H groups in total. The van der Waals surface area contributed by atoms with E-state index in [9.17, 15) is 4.79 Å². The molecule has 0 aromatic carbocycles. The fourth-order valence-corrected chi connectivity index (χ4v) is 3.15. The minimum atomic E-state index is -0.101. The number of nitrogens with one attached hydrogen (secondary N) is 1. The fraction of sp³-hybridized carbons (Fsp3) is 0.308. The molecule has 0 bridgehead atoms. The monoisotopic (exact) mass is 306 g/mol. The highest BCUT2D eigenvalue weighted by atomic mass is 32.2. The summed E-state index contributed by atoms with van der Waals surface area (Å²) in [4.78, 5) is 12.6. The van der Waals surface area contributed by atoms with Crippen LogP contribution in [-0.4, -0.2) is 33.0 Å². The van der Waals surface area contributed by atoms with E-state index in [1.54, 1.807) is 11.3 Å². The molecule has 0 atom stereocenters. The van der Waals surface area contributed by atoms with Gasteiger partial charge < -0.3 is 9.88 Å². The van der Waals surface area contributed by atoms with E-state index in [0.717, 1.165) is 22.4 Å². The number of rotatable bonds is 6. The van der Waals surface area contributed by atoms with Crippen molar-refractivity contribution < 1.29 is 4.79 Å². The molecular weight excluding hydrogens is 292 g/mol. The molecule has 20 heavy (non-hydrogen) atoms. The summed E-state index contributed by atoms with van der Waals surface area (Å²) in [6.45, 7) is 3.04. The maximum absolute atomic E-state index is 11.5. The molecule has 1 amide bonds. The molecule has 0 aliphatic rings. The van der Waals surface area contributed by atoms with Crippen molar-refractivity contribution in [2.45, 2.75) is 18.6 Å². The van der Waals surface area contributed by atoms with Crippen molar-refractivity contribution in [2.24, 2.45) is 0 Å². The highest BCUT2D eigenvalue weighted by Crippen LogP contribution is 2.26. The van der Waals surface area contributed by atoms with Gasteiger partial charge in [-0.1, -0.05) is 23.7 Å². The van der Waals surface area contributed by atoms with Gasteiger partial charge in [-0.15, -0.1) is 28.0 Å². The summed E-state index contributed by atoms with van der Waals surface area (Å²) >= 11 is 2.98. The molecule has 2 aromatic rings. The van der Waals surface area contributed by atoms with Crippen LogP contribution in [0.2, 0.25) is 0 Å². The zero-order valence-corrected chi connectivity index (χ0v) is 12.6. The Morgan fingerprint density at radius 2 is 2.45 bits per heavy atom. The molecule has 0 saturated heterocycles. The Bertz CT molecular complexity index is 613. The second-order valence-corrected chi connectivity index (χ2v) is 5.69. The van der Waals surface area contributed by atoms with Crippen LogP contribution in [0.15, 0.2) is 22.7 Å². The first-order chi connectivity index (χ1) is 9.76. The molecule has 2 rings (SSSR count). The standard InChI is InChI=1S/C13H14N4OS2/c1-3-7-14-11(18)9-20-13-16-15-12(17(13)4-2)10-6-5-8-19-10/h1,5-6,8H,4,7,9H2,2H3,(H,14,18). The van der Waals surface area contributed by atoms with Crippen LogP contribution < -0.4 is 5.32 Å². The third-order valence-electron chi connectivity index (χ3n) is 2.49. The molecule has 0 unspecified atom stereocenters. The van der Waals surface area contributed by atoms with E-state index in [2.05, 4.69) is 21.4 Å². The predicted molar refractivity (Wildman–Crippen MR) is 81.6 cm³/mol. The molecule has 0 aliphatic carbocycles. The minimum Gasteiger partial charge on any atom is -0.344 e. The average Bonchev–Trinajstić information content (AvgIpc) is 3.10. The van der Waals surface area contributed by atoms with Gasteiger partial charge in [0, 0.05) is 6.54 Å². The number of nitrogens with zero attached hydrogens (tertiary/aromatic N) is 3. The summed E-state index contributed by atoms with van der Waals surface area (Å²) in [5.41, 5.74) is 0. The lowest BCUT2D eigenvalue weighted by Crippen LogP contribution is -2.25. The SMILES string of the molecule is C#CCNC(=O)CSc1nnc(-c2cccs2)n1CC. The average molecular weight is 306 g/mol. The van der Waals surface area contributed by atoms with Crippen molar-refractivity contribution in [3.63, 3.8) is 0 Å². The molecule has 0 fully saturated rings. The van der Waals surface area contributed by atoms with Gasteiger partial charge >= 0.3 is 0 Å². The summed E-state index contributed by atoms with van der Waals surface area (Å²) in [6.07, 6.45) is 5.09. The van der Waals surface area contributed by atoms with Crippen molar-refractivity contribution in [2.75, 3.05) is 12.3 Å². The molecule has 0 spiro atoms. The summed E-state index contributed by atoms with van der Waals surface area (Å²) in [5.74, 6) is 3.39. The van der Waals surface area contributed by atoms with E-state index in [1.807, 2.05) is 29.0 Å². The zero-order valence-electron chi connectivity index (χ0n) is 11.0. The van der Waals surface area contributed by atoms with Crippen LogP contribution in [0.4, 0.5) is 0 Å². The fourth-order valence-electron chi connectivity index (χ4n) is 1.60. The van der Waals surface area contributed by atoms with Gasteiger partial charge in [0.2, 0.25) is 5.91 Å². The van der Waals surface area contributed by atoms with Crippen LogP contribution in [0.25, 0.3) is 10.7 Å². The number of aromatic nitrogens is 3. The molecule has 2 heterocycles. The summed E-state index contributed by atoms with van der Waals surface area (Å²) < 4.78 is 2.00. The van der Waals surface area contributed by atoms with Gasteiger partial charge in [0.25, 0.3) is 0 Å². The van der Waals surface area contributed by atoms with E-state index in [4.69, 9.17) is 6.42 Å². The van der Waals surface area contributed by atoms with Crippen LogP contribution in [0.1, 0.15) is 6.92 Å². The lowest BCUT2D eigenvalue weighted by Gasteiger charge is -2.05. The number of terminal acetylenes is 1. The third-order valence-corrected chi connectivity index (χ3v) is 4.33. The quantitative estimate of drug-likeness (QED) is 0.654. The van der Waals surface area contributed by atoms with E-state index in [1.165, 1.54) is 11.8 Å². The Kier molecular flexibility index (Phi) is 5.21. The van der Waals surface area contributed by atoms with Gasteiger partial charge in [-0.2, -0.15) is 0 Å². The number of thiophene rings is 1. The number of amides is 1. The predicted octanol–water partition coefficient (Wildman–Crippen LogP) is 1.87. The first-order valence-electron chi connectivity index (χ1n) is 6.06. The lowest BCUT2D eigenvalue weighted by molar-refractivity contribution is -0.118. The normalized spacial score (nSPS) is 10.2. The lowest BCUT2D eigenvalue weighted by atomic mass is 10.4. The highest BCUT2D eigenvalue weighted by molar-refractivity contribution is 7.99. The maximum Gasteiger partial charge on any atom is 0.231 e. The summed E-state index contributed by atoms with van der Waals surface area (Å²) in [7, 11) is 0. The topological polar surface area (TPSA) is 59.8 Å². The molecule has 0 saturated carbocycles. The van der Waals surface area contributed by atoms with Gasteiger partial charge in [0.05, 0.1) is 17.2 Å². The van der Waals surface area contributed by atoms with Gasteiger partial charge in [0.1, 0.15) is 0 Å². The Hall–Kier alpha value is -1.78. The molecular formula is C13H14N4OS2. The molecule has 7 heteroatoms. The van der Waals surface area contributed by atoms with Crippen molar-refractivity contribution >= 4 is 29.0 Å². The Balaban J connectivity index is 2.06. The molecule has 5 nitrogen and oxygen atoms in total. The van der Waals surface area contributed by atoms with Gasteiger partial charge in [-0.3, -0.25) is 4.79 Å². The smallest absolute Gasteiger partial charge is 0.231 e. The van der Waals surface area contributed by atoms with E-state index in [-0.39, 0.29) is 18.2 Å². The minimum absolute atomic E-state index is 0.101. The summed E-state index contributed by atoms with van der Waals surface area (Å²) in [6, 6.07) is 3.99. The number of hydrogen-bond acceptors (Lipinski definition) is 5. The number of carbonyl (C=O) groups excluding carboxylic acids is 1. The maximum atomic E-state index is 11.5. The molecule has 0 aliphatic heterocycles. The second kappa shape index (κ2) is 7.12. The summed E-state index contributed by atoms with van der Waals surface area (Å²) in [5, 5.41) is 13.7. The van der Waals surface area contributed by atoms with E-state index in [0.29, 0.717) is 0 Å². The Morgan fingerprint density at radius 1 is 1.60 bits per heavy atom. The third kappa shape index (κ3) is 3.40. The van der Waals surface area contributed by atoms with Crippen LogP contribution >= 0.6 is 23.1 Å². The van der Waals surface area contributed by atoms with Gasteiger partial charge in [-0.25, -0.2) is 0 Å². The second-order valence-electron chi connectivity index (χ2n) is 3.80.